The van der Waals surface area contributed by atoms with E-state index in [2.05, 4.69) is 5.32 Å². The maximum atomic E-state index is 12.1. The van der Waals surface area contributed by atoms with E-state index in [1.165, 1.54) is 0 Å². The van der Waals surface area contributed by atoms with Crippen LogP contribution in [0.2, 0.25) is 0 Å². The summed E-state index contributed by atoms with van der Waals surface area (Å²) in [4.78, 5) is 27.2. The second-order valence-electron chi connectivity index (χ2n) is 5.53. The molecule has 5 nitrogen and oxygen atoms in total. The van der Waals surface area contributed by atoms with Gasteiger partial charge in [0, 0.05) is 31.6 Å². The minimum atomic E-state index is -0.335. The summed E-state index contributed by atoms with van der Waals surface area (Å²) in [5, 5.41) is 2.81. The molecule has 0 aromatic carbocycles. The molecule has 0 aromatic rings. The van der Waals surface area contributed by atoms with Crippen molar-refractivity contribution in [2.45, 2.75) is 26.8 Å². The van der Waals surface area contributed by atoms with Crippen LogP contribution in [0.4, 0.5) is 4.79 Å². The first kappa shape index (κ1) is 11.2. The normalized spacial score (nSPS) is 25.4. The van der Waals surface area contributed by atoms with Crippen LogP contribution < -0.4 is 5.32 Å². The van der Waals surface area contributed by atoms with Crippen molar-refractivity contribution in [1.29, 1.82) is 0 Å². The zero-order chi connectivity index (χ0) is 11.9. The SMILES string of the molecule is CC(C)(C)C(=O)N1CCN2C(=O)NCC2C1. The summed E-state index contributed by atoms with van der Waals surface area (Å²) in [7, 11) is 0. The van der Waals surface area contributed by atoms with Gasteiger partial charge in [-0.3, -0.25) is 4.79 Å². The lowest BCUT2D eigenvalue weighted by Crippen LogP contribution is -2.55. The van der Waals surface area contributed by atoms with E-state index in [9.17, 15) is 9.59 Å². The van der Waals surface area contributed by atoms with E-state index in [4.69, 9.17) is 0 Å². The predicted molar refractivity (Wildman–Crippen MR) is 59.9 cm³/mol. The maximum Gasteiger partial charge on any atom is 0.317 e. The number of nitrogens with zero attached hydrogens (tertiary/aromatic N) is 2. The van der Waals surface area contributed by atoms with Crippen LogP contribution in [0.25, 0.3) is 0 Å². The van der Waals surface area contributed by atoms with Gasteiger partial charge in [0.1, 0.15) is 0 Å². The van der Waals surface area contributed by atoms with Crippen molar-refractivity contribution in [3.8, 4) is 0 Å². The van der Waals surface area contributed by atoms with E-state index in [1.54, 1.807) is 0 Å². The summed E-state index contributed by atoms with van der Waals surface area (Å²) in [5.41, 5.74) is -0.335. The molecule has 0 spiro atoms. The van der Waals surface area contributed by atoms with Gasteiger partial charge in [-0.1, -0.05) is 20.8 Å². The van der Waals surface area contributed by atoms with Crippen LogP contribution in [-0.2, 0) is 4.79 Å². The summed E-state index contributed by atoms with van der Waals surface area (Å²) < 4.78 is 0. The molecule has 0 aromatic heterocycles. The van der Waals surface area contributed by atoms with Gasteiger partial charge < -0.3 is 15.1 Å². The Morgan fingerprint density at radius 2 is 2.06 bits per heavy atom. The number of nitrogens with one attached hydrogen (secondary N) is 1. The van der Waals surface area contributed by atoms with Gasteiger partial charge in [-0.05, 0) is 0 Å². The number of amides is 3. The topological polar surface area (TPSA) is 52.7 Å². The Bertz CT molecular complexity index is 322. The van der Waals surface area contributed by atoms with Gasteiger partial charge in [-0.2, -0.15) is 0 Å². The molecule has 1 atom stereocenters. The van der Waals surface area contributed by atoms with Crippen LogP contribution >= 0.6 is 0 Å². The molecule has 2 fully saturated rings. The Morgan fingerprint density at radius 1 is 1.38 bits per heavy atom. The summed E-state index contributed by atoms with van der Waals surface area (Å²) in [6.45, 7) is 8.42. The van der Waals surface area contributed by atoms with Gasteiger partial charge in [0.25, 0.3) is 0 Å². The Morgan fingerprint density at radius 3 is 2.69 bits per heavy atom. The standard InChI is InChI=1S/C11H19N3O2/c1-11(2,3)9(15)13-4-5-14-8(7-13)6-12-10(14)16/h8H,4-7H2,1-3H3,(H,12,16). The average Bonchev–Trinajstić information content (AvgIpc) is 2.57. The molecule has 0 saturated carbocycles. The molecular weight excluding hydrogens is 206 g/mol. The number of carbonyl (C=O) groups is 2. The monoisotopic (exact) mass is 225 g/mol. The highest BCUT2D eigenvalue weighted by Gasteiger charge is 2.38. The first-order chi connectivity index (χ1) is 7.39. The number of hydrogen-bond donors (Lipinski definition) is 1. The van der Waals surface area contributed by atoms with Crippen molar-refractivity contribution < 1.29 is 9.59 Å². The molecule has 2 heterocycles. The fourth-order valence-corrected chi connectivity index (χ4v) is 2.26. The molecule has 0 bridgehead atoms. The van der Waals surface area contributed by atoms with Gasteiger partial charge in [0.05, 0.1) is 6.04 Å². The molecule has 5 heteroatoms. The van der Waals surface area contributed by atoms with Crippen molar-refractivity contribution in [2.75, 3.05) is 26.2 Å². The summed E-state index contributed by atoms with van der Waals surface area (Å²) >= 11 is 0. The molecule has 2 rings (SSSR count). The molecular formula is C11H19N3O2. The quantitative estimate of drug-likeness (QED) is 0.643. The van der Waals surface area contributed by atoms with E-state index in [1.807, 2.05) is 30.6 Å². The first-order valence-corrected chi connectivity index (χ1v) is 5.73. The van der Waals surface area contributed by atoms with Crippen LogP contribution in [0.3, 0.4) is 0 Å². The summed E-state index contributed by atoms with van der Waals surface area (Å²) in [6.07, 6.45) is 0. The van der Waals surface area contributed by atoms with Crippen molar-refractivity contribution in [1.82, 2.24) is 15.1 Å². The minimum Gasteiger partial charge on any atom is -0.338 e. The second-order valence-corrected chi connectivity index (χ2v) is 5.53. The number of carbonyl (C=O) groups excluding carboxylic acids is 2. The van der Waals surface area contributed by atoms with Crippen LogP contribution in [0.5, 0.6) is 0 Å². The predicted octanol–water partition coefficient (Wildman–Crippen LogP) is 0.269. The molecule has 0 radical (unpaired) electrons. The fraction of sp³-hybridized carbons (Fsp3) is 0.818. The molecule has 3 amide bonds. The van der Waals surface area contributed by atoms with Crippen molar-refractivity contribution >= 4 is 11.9 Å². The van der Waals surface area contributed by atoms with Crippen LogP contribution in [0, 0.1) is 5.41 Å². The van der Waals surface area contributed by atoms with Gasteiger partial charge in [-0.25, -0.2) is 4.79 Å². The minimum absolute atomic E-state index is 0.00728. The third-order valence-corrected chi connectivity index (χ3v) is 3.16. The third kappa shape index (κ3) is 1.86. The fourth-order valence-electron chi connectivity index (χ4n) is 2.26. The molecule has 2 saturated heterocycles. The van der Waals surface area contributed by atoms with Gasteiger partial charge in [0.15, 0.2) is 0 Å². The van der Waals surface area contributed by atoms with Crippen LogP contribution in [0.1, 0.15) is 20.8 Å². The third-order valence-electron chi connectivity index (χ3n) is 3.16. The molecule has 16 heavy (non-hydrogen) atoms. The molecule has 1 N–H and O–H groups in total. The highest BCUT2D eigenvalue weighted by molar-refractivity contribution is 5.82. The highest BCUT2D eigenvalue weighted by atomic mass is 16.2. The average molecular weight is 225 g/mol. The summed E-state index contributed by atoms with van der Waals surface area (Å²) in [5.74, 6) is 0.173. The van der Waals surface area contributed by atoms with Crippen LogP contribution in [0.15, 0.2) is 0 Å². The van der Waals surface area contributed by atoms with Gasteiger partial charge >= 0.3 is 6.03 Å². The number of piperazine rings is 1. The zero-order valence-corrected chi connectivity index (χ0v) is 10.1. The molecule has 1 unspecified atom stereocenters. The first-order valence-electron chi connectivity index (χ1n) is 5.73. The van der Waals surface area contributed by atoms with E-state index < -0.39 is 0 Å². The molecule has 2 aliphatic heterocycles. The van der Waals surface area contributed by atoms with E-state index in [0.717, 1.165) is 0 Å². The number of rotatable bonds is 0. The second kappa shape index (κ2) is 3.64. The molecule has 0 aliphatic carbocycles. The molecule has 90 valence electrons. The van der Waals surface area contributed by atoms with E-state index in [-0.39, 0.29) is 23.4 Å². The number of fused-ring (bicyclic) bond motifs is 1. The lowest BCUT2D eigenvalue weighted by Gasteiger charge is -2.39. The number of urea groups is 1. The lowest BCUT2D eigenvalue weighted by atomic mass is 9.94. The van der Waals surface area contributed by atoms with Crippen LogP contribution in [-0.4, -0.2) is 54.0 Å². The lowest BCUT2D eigenvalue weighted by molar-refractivity contribution is -0.141. The van der Waals surface area contributed by atoms with E-state index >= 15 is 0 Å². The largest absolute Gasteiger partial charge is 0.338 e. The Kier molecular flexibility index (Phi) is 2.56. The Hall–Kier alpha value is -1.26. The van der Waals surface area contributed by atoms with Crippen molar-refractivity contribution in [3.05, 3.63) is 0 Å². The van der Waals surface area contributed by atoms with Crippen molar-refractivity contribution in [2.24, 2.45) is 5.41 Å². The van der Waals surface area contributed by atoms with Gasteiger partial charge in [-0.15, -0.1) is 0 Å². The Balaban J connectivity index is 2.02. The van der Waals surface area contributed by atoms with Crippen molar-refractivity contribution in [3.63, 3.8) is 0 Å². The molecule has 2 aliphatic rings. The maximum absolute atomic E-state index is 12.1. The van der Waals surface area contributed by atoms with Gasteiger partial charge in [0.2, 0.25) is 5.91 Å². The zero-order valence-electron chi connectivity index (χ0n) is 10.1. The number of hydrogen-bond acceptors (Lipinski definition) is 2. The summed E-state index contributed by atoms with van der Waals surface area (Å²) in [6, 6.07) is 0.167. The smallest absolute Gasteiger partial charge is 0.317 e. The Labute approximate surface area is 95.8 Å². The highest BCUT2D eigenvalue weighted by Crippen LogP contribution is 2.21. The van der Waals surface area contributed by atoms with E-state index in [0.29, 0.717) is 26.2 Å².